The minimum absolute atomic E-state index is 0.552. The van der Waals surface area contributed by atoms with Gasteiger partial charge in [0, 0.05) is 11.0 Å². The molecule has 1 rings (SSSR count). The Kier molecular flexibility index (Phi) is 4.74. The normalized spacial score (nSPS) is 11.4. The van der Waals surface area contributed by atoms with Crippen molar-refractivity contribution < 1.29 is 27.7 Å². The molecular weight excluding hydrogens is 303 g/mol. The first-order valence-electron chi connectivity index (χ1n) is 6.27. The van der Waals surface area contributed by atoms with E-state index in [1.54, 1.807) is 0 Å². The Morgan fingerprint density at radius 1 is 1.09 bits per heavy atom. The minimum Gasteiger partial charge on any atom is -0.299 e. The highest BCUT2D eigenvalue weighted by atomic mass is 19.2. The number of rotatable bonds is 4. The van der Waals surface area contributed by atoms with E-state index in [1.807, 2.05) is 0 Å². The summed E-state index contributed by atoms with van der Waals surface area (Å²) in [5.41, 5.74) is -3.83. The molecule has 22 heavy (non-hydrogen) atoms. The van der Waals surface area contributed by atoms with Gasteiger partial charge in [-0.2, -0.15) is 4.39 Å². The molecule has 0 saturated heterocycles. The molecular formula is C14H14F3NO4. The molecule has 0 bridgehead atoms. The molecule has 0 heterocycles. The van der Waals surface area contributed by atoms with Crippen LogP contribution in [0.1, 0.15) is 43.1 Å². The molecule has 1 aromatic carbocycles. The molecule has 0 spiro atoms. The van der Waals surface area contributed by atoms with Gasteiger partial charge in [-0.3, -0.25) is 19.7 Å². The van der Waals surface area contributed by atoms with Crippen molar-refractivity contribution in [2.24, 2.45) is 5.41 Å². The molecule has 0 N–H and O–H groups in total. The highest BCUT2D eigenvalue weighted by Crippen LogP contribution is 2.31. The van der Waals surface area contributed by atoms with Crippen LogP contribution >= 0.6 is 0 Å². The number of nitro benzene ring substituents is 1. The van der Waals surface area contributed by atoms with Crippen molar-refractivity contribution in [2.45, 2.75) is 34.1 Å². The molecule has 0 radical (unpaired) electrons. The van der Waals surface area contributed by atoms with E-state index in [9.17, 15) is 32.9 Å². The molecule has 0 atom stereocenters. The lowest BCUT2D eigenvalue weighted by atomic mass is 9.86. The Bertz CT molecular complexity index is 678. The zero-order valence-electron chi connectivity index (χ0n) is 12.4. The van der Waals surface area contributed by atoms with Gasteiger partial charge in [-0.15, -0.1) is 0 Å². The maximum absolute atomic E-state index is 13.8. The zero-order chi connectivity index (χ0) is 17.4. The molecule has 0 aliphatic carbocycles. The molecule has 0 saturated carbocycles. The van der Waals surface area contributed by atoms with Crippen LogP contribution in [-0.2, 0) is 4.79 Å². The monoisotopic (exact) mass is 317 g/mol. The smallest absolute Gasteiger partial charge is 0.299 e. The van der Waals surface area contributed by atoms with Crippen LogP contribution in [0, 0.1) is 39.9 Å². The summed E-state index contributed by atoms with van der Waals surface area (Å²) >= 11 is 0. The Morgan fingerprint density at radius 2 is 1.59 bits per heavy atom. The van der Waals surface area contributed by atoms with Gasteiger partial charge in [0.15, 0.2) is 11.6 Å². The van der Waals surface area contributed by atoms with Crippen molar-refractivity contribution in [3.8, 4) is 0 Å². The Balaban J connectivity index is 3.46. The summed E-state index contributed by atoms with van der Waals surface area (Å²) in [6.07, 6.45) is -0.760. The first-order valence-corrected chi connectivity index (χ1v) is 6.27. The number of benzene rings is 1. The van der Waals surface area contributed by atoms with Gasteiger partial charge in [0.2, 0.25) is 11.6 Å². The third kappa shape index (κ3) is 3.15. The van der Waals surface area contributed by atoms with Gasteiger partial charge in [-0.1, -0.05) is 20.8 Å². The molecule has 0 aromatic heterocycles. The Morgan fingerprint density at radius 3 is 2.00 bits per heavy atom. The molecule has 0 unspecified atom stereocenters. The van der Waals surface area contributed by atoms with Crippen molar-refractivity contribution in [1.29, 1.82) is 0 Å². The third-order valence-corrected chi connectivity index (χ3v) is 3.16. The lowest BCUT2D eigenvalue weighted by molar-refractivity contribution is -0.388. The van der Waals surface area contributed by atoms with Crippen molar-refractivity contribution in [1.82, 2.24) is 0 Å². The summed E-state index contributed by atoms with van der Waals surface area (Å²) in [6, 6.07) is 0. The van der Waals surface area contributed by atoms with E-state index in [0.717, 1.165) is 6.92 Å². The number of Topliss-reactive ketones (excluding diaryl/α,β-unsaturated/α-hetero) is 2. The van der Waals surface area contributed by atoms with Crippen LogP contribution in [0.25, 0.3) is 0 Å². The van der Waals surface area contributed by atoms with Crippen molar-refractivity contribution >= 4 is 17.3 Å². The molecule has 120 valence electrons. The van der Waals surface area contributed by atoms with Crippen LogP contribution in [0.3, 0.4) is 0 Å². The van der Waals surface area contributed by atoms with Crippen LogP contribution in [0.5, 0.6) is 0 Å². The zero-order valence-corrected chi connectivity index (χ0v) is 12.4. The third-order valence-electron chi connectivity index (χ3n) is 3.16. The molecule has 5 nitrogen and oxygen atoms in total. The molecule has 0 aliphatic heterocycles. The van der Waals surface area contributed by atoms with Gasteiger partial charge in [-0.25, -0.2) is 8.78 Å². The minimum atomic E-state index is -2.11. The van der Waals surface area contributed by atoms with E-state index in [2.05, 4.69) is 0 Å². The van der Waals surface area contributed by atoms with Gasteiger partial charge in [-0.05, 0) is 6.92 Å². The molecule has 1 aromatic rings. The highest BCUT2D eigenvalue weighted by molar-refractivity contribution is 6.10. The number of ketones is 2. The highest BCUT2D eigenvalue weighted by Gasteiger charge is 2.34. The number of nitrogens with zero attached hydrogens (tertiary/aromatic N) is 1. The lowest BCUT2D eigenvalue weighted by Gasteiger charge is -2.16. The van der Waals surface area contributed by atoms with Gasteiger partial charge < -0.3 is 0 Å². The second-order valence-corrected chi connectivity index (χ2v) is 5.82. The van der Waals surface area contributed by atoms with E-state index in [0.29, 0.717) is 0 Å². The second-order valence-electron chi connectivity index (χ2n) is 5.82. The number of hydrogen-bond donors (Lipinski definition) is 0. The number of carbonyl (C=O) groups excluding carboxylic acids is 2. The fraction of sp³-hybridized carbons (Fsp3) is 0.429. The predicted molar refractivity (Wildman–Crippen MR) is 71.1 cm³/mol. The van der Waals surface area contributed by atoms with Crippen molar-refractivity contribution in [2.75, 3.05) is 0 Å². The number of halogens is 3. The van der Waals surface area contributed by atoms with E-state index < -0.39 is 62.6 Å². The molecule has 0 amide bonds. The summed E-state index contributed by atoms with van der Waals surface area (Å²) in [5, 5.41) is 10.8. The van der Waals surface area contributed by atoms with Crippen molar-refractivity contribution in [3.05, 3.63) is 38.7 Å². The topological polar surface area (TPSA) is 77.3 Å². The average Bonchev–Trinajstić information content (AvgIpc) is 2.34. The first kappa shape index (κ1) is 17.8. The van der Waals surface area contributed by atoms with Crippen molar-refractivity contribution in [3.63, 3.8) is 0 Å². The summed E-state index contributed by atoms with van der Waals surface area (Å²) in [6.45, 7) is 5.51. The summed E-state index contributed by atoms with van der Waals surface area (Å²) < 4.78 is 40.7. The van der Waals surface area contributed by atoms with Gasteiger partial charge >= 0.3 is 5.69 Å². The van der Waals surface area contributed by atoms with Gasteiger partial charge in [0.25, 0.3) is 0 Å². The SMILES string of the molecule is Cc1c(C(=O)CC(=O)C(C)(C)C)c(F)c(F)c(F)c1[N+](=O)[O-]. The summed E-state index contributed by atoms with van der Waals surface area (Å²) in [4.78, 5) is 33.3. The Labute approximate surface area is 124 Å². The predicted octanol–water partition coefficient (Wildman–Crippen LogP) is 3.51. The summed E-state index contributed by atoms with van der Waals surface area (Å²) in [5.74, 6) is -7.59. The number of hydrogen-bond acceptors (Lipinski definition) is 4. The fourth-order valence-corrected chi connectivity index (χ4v) is 1.81. The quantitative estimate of drug-likeness (QED) is 0.280. The molecule has 0 aliphatic rings. The number of nitro groups is 1. The lowest BCUT2D eigenvalue weighted by Crippen LogP contribution is -2.24. The van der Waals surface area contributed by atoms with E-state index in [-0.39, 0.29) is 0 Å². The van der Waals surface area contributed by atoms with Crippen LogP contribution in [0.2, 0.25) is 0 Å². The summed E-state index contributed by atoms with van der Waals surface area (Å²) in [7, 11) is 0. The van der Waals surface area contributed by atoms with Crippen LogP contribution in [0.4, 0.5) is 18.9 Å². The number of carbonyl (C=O) groups is 2. The van der Waals surface area contributed by atoms with Gasteiger partial charge in [0.1, 0.15) is 5.78 Å². The Hall–Kier alpha value is -2.25. The van der Waals surface area contributed by atoms with Crippen LogP contribution < -0.4 is 0 Å². The van der Waals surface area contributed by atoms with Crippen LogP contribution in [-0.4, -0.2) is 16.5 Å². The standard InChI is InChI=1S/C14H14F3NO4/c1-6-9(7(19)5-8(20)14(2,3)4)10(15)11(16)12(17)13(6)18(21)22/h5H2,1-4H3. The van der Waals surface area contributed by atoms with E-state index in [1.165, 1.54) is 20.8 Å². The van der Waals surface area contributed by atoms with Crippen LogP contribution in [0.15, 0.2) is 0 Å². The fourth-order valence-electron chi connectivity index (χ4n) is 1.81. The molecule has 8 heteroatoms. The maximum Gasteiger partial charge on any atom is 0.311 e. The molecule has 0 fully saturated rings. The van der Waals surface area contributed by atoms with E-state index in [4.69, 9.17) is 0 Å². The first-order chi connectivity index (χ1) is 9.89. The maximum atomic E-state index is 13.8. The average molecular weight is 317 g/mol. The largest absolute Gasteiger partial charge is 0.311 e. The van der Waals surface area contributed by atoms with Gasteiger partial charge in [0.05, 0.1) is 16.9 Å². The van der Waals surface area contributed by atoms with E-state index >= 15 is 0 Å². The second kappa shape index (κ2) is 5.86.